The van der Waals surface area contributed by atoms with Gasteiger partial charge < -0.3 is 10.2 Å². The molecule has 0 aliphatic heterocycles. The lowest BCUT2D eigenvalue weighted by Gasteiger charge is -2.08. The Hall–Kier alpha value is -1.24. The number of carbonyl (C=O) groups excluding carboxylic acids is 2. The van der Waals surface area contributed by atoms with E-state index in [1.165, 1.54) is 23.7 Å². The zero-order valence-electron chi connectivity index (χ0n) is 9.23. The Labute approximate surface area is 93.0 Å². The molecule has 0 spiro atoms. The van der Waals surface area contributed by atoms with E-state index >= 15 is 0 Å². The summed E-state index contributed by atoms with van der Waals surface area (Å²) < 4.78 is 0. The van der Waals surface area contributed by atoms with Crippen LogP contribution in [0.4, 0.5) is 4.79 Å². The number of amides is 2. The van der Waals surface area contributed by atoms with E-state index in [0.717, 1.165) is 0 Å². The van der Waals surface area contributed by atoms with E-state index in [9.17, 15) is 9.59 Å². The van der Waals surface area contributed by atoms with Crippen LogP contribution in [0.1, 0.15) is 6.92 Å². The number of nitrogens with zero attached hydrogens (tertiary/aromatic N) is 2. The quantitative estimate of drug-likeness (QED) is 0.333. The highest BCUT2D eigenvalue weighted by Crippen LogP contribution is 2.04. The molecule has 0 saturated heterocycles. The average Bonchev–Trinajstić information content (AvgIpc) is 2.21. The molecule has 86 valence electrons. The molecule has 15 heavy (non-hydrogen) atoms. The van der Waals surface area contributed by atoms with Gasteiger partial charge in [-0.05, 0) is 6.92 Å². The van der Waals surface area contributed by atoms with Crippen molar-refractivity contribution in [1.29, 1.82) is 0 Å². The van der Waals surface area contributed by atoms with Crippen LogP contribution in [0.2, 0.25) is 0 Å². The van der Waals surface area contributed by atoms with Gasteiger partial charge in [0.15, 0.2) is 0 Å². The van der Waals surface area contributed by atoms with Gasteiger partial charge in [0.2, 0.25) is 5.91 Å². The first-order valence-corrected chi connectivity index (χ1v) is 5.22. The molecule has 1 N–H and O–H groups in total. The third kappa shape index (κ3) is 6.78. The van der Waals surface area contributed by atoms with Crippen molar-refractivity contribution in [3.8, 4) is 0 Å². The smallest absolute Gasteiger partial charge is 0.348 e. The van der Waals surface area contributed by atoms with Crippen LogP contribution in [-0.4, -0.2) is 48.8 Å². The summed E-state index contributed by atoms with van der Waals surface area (Å²) in [6, 6.07) is 0. The molecule has 6 nitrogen and oxygen atoms in total. The van der Waals surface area contributed by atoms with Crippen LogP contribution in [0.25, 0.3) is 0 Å². The van der Waals surface area contributed by atoms with Gasteiger partial charge in [-0.3, -0.25) is 9.63 Å². The van der Waals surface area contributed by atoms with Gasteiger partial charge in [0, 0.05) is 21.1 Å². The normalized spacial score (nSPS) is 10.8. The van der Waals surface area contributed by atoms with Gasteiger partial charge in [0.1, 0.15) is 5.04 Å². The molecule has 0 unspecified atom stereocenters. The van der Waals surface area contributed by atoms with Crippen LogP contribution in [0.5, 0.6) is 0 Å². The largest absolute Gasteiger partial charge is 0.433 e. The van der Waals surface area contributed by atoms with Crippen LogP contribution in [0, 0.1) is 0 Å². The molecule has 0 heterocycles. The van der Waals surface area contributed by atoms with Crippen molar-refractivity contribution in [2.75, 3.05) is 26.9 Å². The van der Waals surface area contributed by atoms with Crippen molar-refractivity contribution in [3.63, 3.8) is 0 Å². The van der Waals surface area contributed by atoms with Gasteiger partial charge in [-0.1, -0.05) is 16.9 Å². The van der Waals surface area contributed by atoms with Crippen LogP contribution >= 0.6 is 11.8 Å². The van der Waals surface area contributed by atoms with Crippen molar-refractivity contribution in [2.24, 2.45) is 5.16 Å². The van der Waals surface area contributed by atoms with E-state index < -0.39 is 6.09 Å². The maximum atomic E-state index is 11.2. The van der Waals surface area contributed by atoms with E-state index in [2.05, 4.69) is 15.3 Å². The third-order valence-electron chi connectivity index (χ3n) is 1.36. The van der Waals surface area contributed by atoms with Crippen LogP contribution in [0.3, 0.4) is 0 Å². The molecular formula is C8H15N3O3S. The number of hydrogen-bond donors (Lipinski definition) is 1. The number of thioether (sulfide) groups is 1. The molecule has 0 aliphatic rings. The fourth-order valence-electron chi connectivity index (χ4n) is 0.473. The van der Waals surface area contributed by atoms with Gasteiger partial charge >= 0.3 is 6.09 Å². The zero-order valence-corrected chi connectivity index (χ0v) is 10.1. The molecule has 0 aromatic heterocycles. The summed E-state index contributed by atoms with van der Waals surface area (Å²) in [7, 11) is 4.79. The van der Waals surface area contributed by atoms with Crippen LogP contribution in [-0.2, 0) is 9.63 Å². The van der Waals surface area contributed by atoms with Gasteiger partial charge in [0.05, 0.1) is 5.75 Å². The predicted molar refractivity (Wildman–Crippen MR) is 59.8 cm³/mol. The van der Waals surface area contributed by atoms with Crippen molar-refractivity contribution in [2.45, 2.75) is 6.92 Å². The Morgan fingerprint density at radius 3 is 2.53 bits per heavy atom. The lowest BCUT2D eigenvalue weighted by molar-refractivity contribution is -0.125. The van der Waals surface area contributed by atoms with E-state index in [1.54, 1.807) is 21.0 Å². The van der Waals surface area contributed by atoms with E-state index in [1.807, 2.05) is 0 Å². The fourth-order valence-corrected chi connectivity index (χ4v) is 1.15. The van der Waals surface area contributed by atoms with Crippen LogP contribution < -0.4 is 5.32 Å². The van der Waals surface area contributed by atoms with E-state index in [0.29, 0.717) is 5.04 Å². The first kappa shape index (κ1) is 13.8. The van der Waals surface area contributed by atoms with Crippen LogP contribution in [0.15, 0.2) is 5.16 Å². The Morgan fingerprint density at radius 2 is 2.07 bits per heavy atom. The topological polar surface area (TPSA) is 71.0 Å². The molecular weight excluding hydrogens is 218 g/mol. The molecule has 7 heteroatoms. The summed E-state index contributed by atoms with van der Waals surface area (Å²) in [4.78, 5) is 27.7. The van der Waals surface area contributed by atoms with Gasteiger partial charge in [0.25, 0.3) is 0 Å². The van der Waals surface area contributed by atoms with E-state index in [-0.39, 0.29) is 11.7 Å². The fraction of sp³-hybridized carbons (Fsp3) is 0.625. The molecule has 0 atom stereocenters. The summed E-state index contributed by atoms with van der Waals surface area (Å²) >= 11 is 1.22. The molecule has 0 aliphatic carbocycles. The first-order valence-electron chi connectivity index (χ1n) is 4.23. The van der Waals surface area contributed by atoms with E-state index in [4.69, 9.17) is 0 Å². The minimum atomic E-state index is -0.631. The van der Waals surface area contributed by atoms with Crippen molar-refractivity contribution < 1.29 is 14.4 Å². The molecule has 0 bridgehead atoms. The Bertz CT molecular complexity index is 266. The molecule has 0 radical (unpaired) electrons. The Balaban J connectivity index is 3.87. The minimum absolute atomic E-state index is 0.0190. The minimum Gasteiger partial charge on any atom is -0.348 e. The number of nitrogens with one attached hydrogen (secondary N) is 1. The molecule has 2 amide bonds. The summed E-state index contributed by atoms with van der Waals surface area (Å²) in [6.45, 7) is 1.66. The second-order valence-corrected chi connectivity index (χ2v) is 3.98. The van der Waals surface area contributed by atoms with Crippen molar-refractivity contribution in [1.82, 2.24) is 10.2 Å². The van der Waals surface area contributed by atoms with Gasteiger partial charge in [-0.2, -0.15) is 0 Å². The molecule has 0 aromatic rings. The summed E-state index contributed by atoms with van der Waals surface area (Å²) in [5, 5.41) is 6.30. The molecule has 0 saturated carbocycles. The lowest BCUT2D eigenvalue weighted by Crippen LogP contribution is -2.24. The molecule has 0 fully saturated rings. The van der Waals surface area contributed by atoms with Crippen molar-refractivity contribution >= 4 is 28.8 Å². The second-order valence-electron chi connectivity index (χ2n) is 2.82. The Morgan fingerprint density at radius 1 is 1.47 bits per heavy atom. The molecule has 0 aromatic carbocycles. The third-order valence-corrected chi connectivity index (χ3v) is 2.25. The second kappa shape index (κ2) is 7.10. The lowest BCUT2D eigenvalue weighted by atomic mass is 10.6. The monoisotopic (exact) mass is 233 g/mol. The van der Waals surface area contributed by atoms with Gasteiger partial charge in [-0.15, -0.1) is 0 Å². The number of hydrogen-bond acceptors (Lipinski definition) is 5. The zero-order chi connectivity index (χ0) is 11.8. The average molecular weight is 233 g/mol. The van der Waals surface area contributed by atoms with Crippen molar-refractivity contribution in [3.05, 3.63) is 0 Å². The summed E-state index contributed by atoms with van der Waals surface area (Å²) in [5.74, 6) is 0.258. The standard InChI is InChI=1S/C8H15N3O3S/c1-6(10-14-8(13)9-2)15-5-7(12)11(3)4/h5H2,1-4H3,(H,9,13)/b10-6+. The highest BCUT2D eigenvalue weighted by Gasteiger charge is 2.05. The SMILES string of the molecule is CNC(=O)O/N=C(\C)SCC(=O)N(C)C. The number of oxime groups is 1. The maximum Gasteiger partial charge on any atom is 0.433 e. The number of carbonyl (C=O) groups is 2. The maximum absolute atomic E-state index is 11.2. The summed E-state index contributed by atoms with van der Waals surface area (Å²) in [6.07, 6.45) is -0.631. The predicted octanol–water partition coefficient (Wildman–Crippen LogP) is 0.497. The molecule has 0 rings (SSSR count). The number of rotatable bonds is 3. The summed E-state index contributed by atoms with van der Waals surface area (Å²) in [5.41, 5.74) is 0. The van der Waals surface area contributed by atoms with Gasteiger partial charge in [-0.25, -0.2) is 4.79 Å². The highest BCUT2D eigenvalue weighted by molar-refractivity contribution is 8.14. The highest BCUT2D eigenvalue weighted by atomic mass is 32.2. The Kier molecular flexibility index (Phi) is 6.52. The first-order chi connectivity index (χ1) is 6.97.